The van der Waals surface area contributed by atoms with E-state index >= 15 is 0 Å². The quantitative estimate of drug-likeness (QED) is 0.764. The zero-order valence-corrected chi connectivity index (χ0v) is 15.1. The average molecular weight is 297 g/mol. The topological polar surface area (TPSA) is 52.3 Å². The summed E-state index contributed by atoms with van der Waals surface area (Å²) in [5.74, 6) is -0.117. The molecular weight excluding hydrogens is 262 g/mol. The van der Waals surface area contributed by atoms with E-state index in [-0.39, 0.29) is 17.0 Å². The monoisotopic (exact) mass is 297 g/mol. The van der Waals surface area contributed by atoms with E-state index in [1.54, 1.807) is 0 Å². The van der Waals surface area contributed by atoms with E-state index < -0.39 is 11.0 Å². The lowest BCUT2D eigenvalue weighted by Gasteiger charge is -2.45. The van der Waals surface area contributed by atoms with Gasteiger partial charge in [-0.15, -0.1) is 0 Å². The first-order valence-electron chi connectivity index (χ1n) is 8.38. The summed E-state index contributed by atoms with van der Waals surface area (Å²) in [5, 5.41) is 0. The molecule has 1 aliphatic carbocycles. The van der Waals surface area contributed by atoms with Gasteiger partial charge >= 0.3 is 5.97 Å². The lowest BCUT2D eigenvalue weighted by Crippen LogP contribution is -2.57. The summed E-state index contributed by atoms with van der Waals surface area (Å²) in [6.07, 6.45) is 5.92. The fraction of sp³-hybridized carbons (Fsp3) is 0.944. The van der Waals surface area contributed by atoms with Crippen molar-refractivity contribution in [3.8, 4) is 0 Å². The summed E-state index contributed by atoms with van der Waals surface area (Å²) in [7, 11) is 0. The van der Waals surface area contributed by atoms with Gasteiger partial charge in [0.2, 0.25) is 0 Å². The van der Waals surface area contributed by atoms with Crippen molar-refractivity contribution in [3.05, 3.63) is 0 Å². The van der Waals surface area contributed by atoms with Crippen molar-refractivity contribution in [2.45, 2.75) is 98.1 Å². The largest absolute Gasteiger partial charge is 0.459 e. The van der Waals surface area contributed by atoms with E-state index in [0.717, 1.165) is 38.5 Å². The Balaban J connectivity index is 3.01. The molecule has 0 amide bonds. The first-order valence-corrected chi connectivity index (χ1v) is 8.38. The van der Waals surface area contributed by atoms with Crippen LogP contribution in [0.15, 0.2) is 0 Å². The van der Waals surface area contributed by atoms with Crippen molar-refractivity contribution in [3.63, 3.8) is 0 Å². The number of carbonyl (C=O) groups is 1. The predicted octanol–water partition coefficient (Wildman–Crippen LogP) is 4.43. The van der Waals surface area contributed by atoms with Gasteiger partial charge in [0.25, 0.3) is 0 Å². The summed E-state index contributed by atoms with van der Waals surface area (Å²) in [5.41, 5.74) is 4.88. The van der Waals surface area contributed by atoms with Crippen LogP contribution in [0.25, 0.3) is 0 Å². The van der Waals surface area contributed by atoms with Gasteiger partial charge in [-0.2, -0.15) is 0 Å². The molecule has 1 fully saturated rings. The molecule has 1 unspecified atom stereocenters. The molecule has 0 aliphatic heterocycles. The molecular formula is C18H35NO2. The third-order valence-corrected chi connectivity index (χ3v) is 5.22. The SMILES string of the molecule is CCC1(OC(=O)C(C)(CC(C)(C)C)C(C)(C)N)CCCC1. The maximum absolute atomic E-state index is 13.0. The van der Waals surface area contributed by atoms with Crippen LogP contribution in [-0.4, -0.2) is 17.1 Å². The Morgan fingerprint density at radius 3 is 1.90 bits per heavy atom. The van der Waals surface area contributed by atoms with Crippen molar-refractivity contribution in [1.29, 1.82) is 0 Å². The number of esters is 1. The molecule has 0 aromatic rings. The minimum atomic E-state index is -0.671. The fourth-order valence-electron chi connectivity index (χ4n) is 3.48. The lowest BCUT2D eigenvalue weighted by atomic mass is 9.65. The Labute approximate surface area is 131 Å². The lowest BCUT2D eigenvalue weighted by molar-refractivity contribution is -0.177. The normalized spacial score (nSPS) is 21.9. The number of hydrogen-bond acceptors (Lipinski definition) is 3. The number of nitrogens with two attached hydrogens (primary N) is 1. The first kappa shape index (κ1) is 18.5. The summed E-state index contributed by atoms with van der Waals surface area (Å²) >= 11 is 0. The van der Waals surface area contributed by atoms with Crippen LogP contribution in [0.5, 0.6) is 0 Å². The van der Waals surface area contributed by atoms with Gasteiger partial charge in [-0.1, -0.05) is 27.7 Å². The van der Waals surface area contributed by atoms with Gasteiger partial charge in [0.15, 0.2) is 0 Å². The Bertz CT molecular complexity index is 370. The summed E-state index contributed by atoms with van der Waals surface area (Å²) in [6, 6.07) is 0. The Morgan fingerprint density at radius 2 is 1.57 bits per heavy atom. The van der Waals surface area contributed by atoms with E-state index in [1.807, 2.05) is 20.8 Å². The molecule has 3 nitrogen and oxygen atoms in total. The molecule has 0 heterocycles. The maximum Gasteiger partial charge on any atom is 0.314 e. The van der Waals surface area contributed by atoms with Crippen LogP contribution in [0.2, 0.25) is 0 Å². The van der Waals surface area contributed by atoms with Gasteiger partial charge in [0.1, 0.15) is 5.60 Å². The molecule has 1 aliphatic rings. The second-order valence-corrected chi connectivity index (χ2v) is 8.92. The summed E-state index contributed by atoms with van der Waals surface area (Å²) in [6.45, 7) is 14.4. The standard InChI is InChI=1S/C18H35NO2/c1-8-18(11-9-10-12-18)21-14(20)17(7,16(5,6)19)13-15(2,3)4/h8-13,19H2,1-7H3. The first-order chi connectivity index (χ1) is 9.35. The van der Waals surface area contributed by atoms with Crippen LogP contribution in [0, 0.1) is 10.8 Å². The van der Waals surface area contributed by atoms with Crippen molar-refractivity contribution >= 4 is 5.97 Å². The molecule has 1 saturated carbocycles. The van der Waals surface area contributed by atoms with E-state index in [1.165, 1.54) is 0 Å². The zero-order valence-electron chi connectivity index (χ0n) is 15.1. The van der Waals surface area contributed by atoms with E-state index in [0.29, 0.717) is 0 Å². The minimum Gasteiger partial charge on any atom is -0.459 e. The molecule has 0 spiro atoms. The van der Waals surface area contributed by atoms with E-state index in [4.69, 9.17) is 10.5 Å². The molecule has 1 atom stereocenters. The van der Waals surface area contributed by atoms with Gasteiger partial charge in [-0.25, -0.2) is 0 Å². The number of rotatable bonds is 5. The number of hydrogen-bond donors (Lipinski definition) is 1. The summed E-state index contributed by atoms with van der Waals surface area (Å²) in [4.78, 5) is 13.0. The van der Waals surface area contributed by atoms with Gasteiger partial charge in [0, 0.05) is 5.54 Å². The van der Waals surface area contributed by atoms with Gasteiger partial charge in [0.05, 0.1) is 5.41 Å². The molecule has 3 heteroatoms. The molecule has 0 radical (unpaired) electrons. The van der Waals surface area contributed by atoms with Crippen LogP contribution < -0.4 is 5.73 Å². The highest BCUT2D eigenvalue weighted by Crippen LogP contribution is 2.44. The van der Waals surface area contributed by atoms with Crippen LogP contribution in [0.1, 0.15) is 87.0 Å². The Kier molecular flexibility index (Phi) is 5.20. The summed E-state index contributed by atoms with van der Waals surface area (Å²) < 4.78 is 6.07. The maximum atomic E-state index is 13.0. The third kappa shape index (κ3) is 4.21. The van der Waals surface area contributed by atoms with Crippen LogP contribution in [0.4, 0.5) is 0 Å². The molecule has 0 aromatic carbocycles. The van der Waals surface area contributed by atoms with Crippen molar-refractivity contribution in [2.24, 2.45) is 16.6 Å². The van der Waals surface area contributed by atoms with Crippen molar-refractivity contribution in [2.75, 3.05) is 0 Å². The Morgan fingerprint density at radius 1 is 1.10 bits per heavy atom. The number of carbonyl (C=O) groups excluding carboxylic acids is 1. The van der Waals surface area contributed by atoms with Crippen LogP contribution in [-0.2, 0) is 9.53 Å². The van der Waals surface area contributed by atoms with Crippen LogP contribution in [0.3, 0.4) is 0 Å². The smallest absolute Gasteiger partial charge is 0.314 e. The van der Waals surface area contributed by atoms with Gasteiger partial charge < -0.3 is 10.5 Å². The highest BCUT2D eigenvalue weighted by Gasteiger charge is 2.50. The predicted molar refractivity (Wildman–Crippen MR) is 88.0 cm³/mol. The second kappa shape index (κ2) is 5.91. The molecule has 0 saturated heterocycles. The van der Waals surface area contributed by atoms with Crippen molar-refractivity contribution < 1.29 is 9.53 Å². The molecule has 124 valence electrons. The van der Waals surface area contributed by atoms with E-state index in [9.17, 15) is 4.79 Å². The highest BCUT2D eigenvalue weighted by molar-refractivity contribution is 5.78. The fourth-order valence-corrected chi connectivity index (χ4v) is 3.48. The van der Waals surface area contributed by atoms with Crippen molar-refractivity contribution in [1.82, 2.24) is 0 Å². The third-order valence-electron chi connectivity index (χ3n) is 5.22. The average Bonchev–Trinajstić information content (AvgIpc) is 2.74. The molecule has 0 aromatic heterocycles. The zero-order chi connectivity index (χ0) is 16.5. The van der Waals surface area contributed by atoms with Gasteiger partial charge in [-0.05, 0) is 64.7 Å². The molecule has 2 N–H and O–H groups in total. The van der Waals surface area contributed by atoms with Gasteiger partial charge in [-0.3, -0.25) is 4.79 Å². The number of ether oxygens (including phenoxy) is 1. The Hall–Kier alpha value is -0.570. The highest BCUT2D eigenvalue weighted by atomic mass is 16.6. The molecule has 1 rings (SSSR count). The van der Waals surface area contributed by atoms with E-state index in [2.05, 4.69) is 27.7 Å². The minimum absolute atomic E-state index is 0.0272. The molecule has 21 heavy (non-hydrogen) atoms. The molecule has 0 bridgehead atoms. The second-order valence-electron chi connectivity index (χ2n) is 8.92. The van der Waals surface area contributed by atoms with Crippen LogP contribution >= 0.6 is 0 Å².